The molecule has 3 aromatic carbocycles. The Hall–Kier alpha value is -3.95. The van der Waals surface area contributed by atoms with Gasteiger partial charge in [-0.2, -0.15) is 15.8 Å². The third-order valence-electron chi connectivity index (χ3n) is 5.44. The van der Waals surface area contributed by atoms with Crippen LogP contribution in [0.4, 0.5) is 0 Å². The lowest BCUT2D eigenvalue weighted by Crippen LogP contribution is -2.53. The Morgan fingerprint density at radius 3 is 1.14 bits per heavy atom. The number of hydrogen-bond acceptors (Lipinski definition) is 5. The van der Waals surface area contributed by atoms with Crippen molar-refractivity contribution in [3.8, 4) is 18.2 Å². The molecule has 0 spiro atoms. The standard InChI is InChI=1S/C24H17N5/c25-16-22(19-10-4-1-5-11-19)23(17-26,20-12-6-2-7-13-20)29-24(18-27,28-22)21-14-8-3-9-15-21/h1-15,28-29H. The molecule has 3 aromatic rings. The van der Waals surface area contributed by atoms with Gasteiger partial charge in [-0.3, -0.25) is 10.6 Å². The highest BCUT2D eigenvalue weighted by molar-refractivity contribution is 5.54. The minimum Gasteiger partial charge on any atom is -0.259 e. The Morgan fingerprint density at radius 2 is 0.828 bits per heavy atom. The predicted molar refractivity (Wildman–Crippen MR) is 107 cm³/mol. The van der Waals surface area contributed by atoms with Crippen LogP contribution in [0.15, 0.2) is 91.0 Å². The highest BCUT2D eigenvalue weighted by Crippen LogP contribution is 2.49. The molecular formula is C24H17N5. The molecule has 1 aliphatic rings. The molecule has 5 nitrogen and oxygen atoms in total. The van der Waals surface area contributed by atoms with Gasteiger partial charge in [0, 0.05) is 5.56 Å². The van der Waals surface area contributed by atoms with E-state index in [-0.39, 0.29) is 0 Å². The number of hydrogen-bond donors (Lipinski definition) is 2. The second-order valence-corrected chi connectivity index (χ2v) is 6.93. The van der Waals surface area contributed by atoms with E-state index >= 15 is 0 Å². The lowest BCUT2D eigenvalue weighted by molar-refractivity contribution is 0.351. The minimum absolute atomic E-state index is 0.605. The molecule has 0 radical (unpaired) electrons. The van der Waals surface area contributed by atoms with Crippen molar-refractivity contribution in [3.63, 3.8) is 0 Å². The van der Waals surface area contributed by atoms with Crippen LogP contribution in [-0.4, -0.2) is 0 Å². The van der Waals surface area contributed by atoms with E-state index in [1.54, 1.807) is 36.4 Å². The second-order valence-electron chi connectivity index (χ2n) is 6.93. The summed E-state index contributed by atoms with van der Waals surface area (Å²) in [5.74, 6) is 0. The van der Waals surface area contributed by atoms with Crippen molar-refractivity contribution in [2.75, 3.05) is 0 Å². The fraction of sp³-hybridized carbons (Fsp3) is 0.125. The van der Waals surface area contributed by atoms with Gasteiger partial charge >= 0.3 is 0 Å². The van der Waals surface area contributed by atoms with E-state index in [9.17, 15) is 15.8 Å². The Bertz CT molecular complexity index is 1070. The maximum atomic E-state index is 10.5. The van der Waals surface area contributed by atoms with Crippen molar-refractivity contribution >= 4 is 0 Å². The molecule has 0 bridgehead atoms. The van der Waals surface area contributed by atoms with Crippen LogP contribution in [0.25, 0.3) is 0 Å². The van der Waals surface area contributed by atoms with E-state index in [0.29, 0.717) is 16.7 Å². The van der Waals surface area contributed by atoms with Crippen molar-refractivity contribution in [2.24, 2.45) is 0 Å². The smallest absolute Gasteiger partial charge is 0.188 e. The van der Waals surface area contributed by atoms with Gasteiger partial charge < -0.3 is 0 Å². The fourth-order valence-electron chi connectivity index (χ4n) is 4.04. The van der Waals surface area contributed by atoms with Gasteiger partial charge in [-0.1, -0.05) is 91.0 Å². The zero-order valence-corrected chi connectivity index (χ0v) is 15.5. The second kappa shape index (κ2) is 6.89. The van der Waals surface area contributed by atoms with Crippen molar-refractivity contribution in [1.82, 2.24) is 10.6 Å². The van der Waals surface area contributed by atoms with Gasteiger partial charge in [-0.05, 0) is 11.1 Å². The summed E-state index contributed by atoms with van der Waals surface area (Å²) < 4.78 is 0. The SMILES string of the molecule is N#CC1(c2ccccc2)NC(C#N)(c2ccccc2)C(C#N)(c2ccccc2)N1. The lowest BCUT2D eigenvalue weighted by atomic mass is 9.71. The van der Waals surface area contributed by atoms with Gasteiger partial charge in [0.25, 0.3) is 0 Å². The van der Waals surface area contributed by atoms with Crippen LogP contribution in [0.2, 0.25) is 0 Å². The summed E-state index contributed by atoms with van der Waals surface area (Å²) in [6, 6.07) is 34.2. The number of nitrogens with one attached hydrogen (secondary N) is 2. The topological polar surface area (TPSA) is 95.4 Å². The first-order valence-corrected chi connectivity index (χ1v) is 9.15. The highest BCUT2D eigenvalue weighted by Gasteiger charge is 2.67. The summed E-state index contributed by atoms with van der Waals surface area (Å²) in [5, 5.41) is 37.6. The predicted octanol–water partition coefficient (Wildman–Crippen LogP) is 3.39. The zero-order chi connectivity index (χ0) is 20.4. The van der Waals surface area contributed by atoms with Crippen LogP contribution >= 0.6 is 0 Å². The average molecular weight is 375 g/mol. The van der Waals surface area contributed by atoms with Crippen LogP contribution in [0.5, 0.6) is 0 Å². The van der Waals surface area contributed by atoms with Crippen molar-refractivity contribution in [3.05, 3.63) is 108 Å². The molecule has 1 saturated heterocycles. The summed E-state index contributed by atoms with van der Waals surface area (Å²) in [6.07, 6.45) is 0. The van der Waals surface area contributed by atoms with E-state index in [1.807, 2.05) is 54.6 Å². The Kier molecular flexibility index (Phi) is 4.38. The van der Waals surface area contributed by atoms with E-state index in [0.717, 1.165) is 0 Å². The summed E-state index contributed by atoms with van der Waals surface area (Å²) >= 11 is 0. The third-order valence-corrected chi connectivity index (χ3v) is 5.44. The average Bonchev–Trinajstić information content (AvgIpc) is 3.14. The fourth-order valence-corrected chi connectivity index (χ4v) is 4.04. The van der Waals surface area contributed by atoms with E-state index < -0.39 is 16.7 Å². The first kappa shape index (κ1) is 18.4. The summed E-state index contributed by atoms with van der Waals surface area (Å²) in [7, 11) is 0. The van der Waals surface area contributed by atoms with Crippen LogP contribution < -0.4 is 10.6 Å². The maximum absolute atomic E-state index is 10.5. The minimum atomic E-state index is -1.50. The molecule has 0 aliphatic carbocycles. The van der Waals surface area contributed by atoms with Gasteiger partial charge in [0.1, 0.15) is 6.07 Å². The molecule has 4 rings (SSSR count). The third kappa shape index (κ3) is 2.53. The van der Waals surface area contributed by atoms with Gasteiger partial charge in [0.2, 0.25) is 0 Å². The summed E-state index contributed by atoms with van der Waals surface area (Å²) in [6.45, 7) is 0. The Balaban J connectivity index is 2.06. The number of rotatable bonds is 3. The Labute approximate surface area is 169 Å². The molecule has 2 unspecified atom stereocenters. The van der Waals surface area contributed by atoms with Crippen LogP contribution in [-0.2, 0) is 16.7 Å². The largest absolute Gasteiger partial charge is 0.259 e. The van der Waals surface area contributed by atoms with Crippen LogP contribution in [0.3, 0.4) is 0 Å². The van der Waals surface area contributed by atoms with Gasteiger partial charge in [0.15, 0.2) is 16.7 Å². The molecule has 1 aliphatic heterocycles. The molecule has 138 valence electrons. The molecule has 0 aromatic heterocycles. The number of nitriles is 3. The molecule has 29 heavy (non-hydrogen) atoms. The van der Waals surface area contributed by atoms with Gasteiger partial charge in [-0.25, -0.2) is 0 Å². The van der Waals surface area contributed by atoms with E-state index in [4.69, 9.17) is 0 Å². The molecule has 0 amide bonds. The highest BCUT2D eigenvalue weighted by atomic mass is 15.4. The normalized spacial score (nSPS) is 28.0. The van der Waals surface area contributed by atoms with Gasteiger partial charge in [0.05, 0.1) is 12.1 Å². The van der Waals surface area contributed by atoms with Gasteiger partial charge in [-0.15, -0.1) is 0 Å². The monoisotopic (exact) mass is 375 g/mol. The molecule has 1 fully saturated rings. The first-order valence-electron chi connectivity index (χ1n) is 9.15. The molecule has 1 heterocycles. The van der Waals surface area contributed by atoms with E-state index in [1.165, 1.54) is 0 Å². The molecule has 2 N–H and O–H groups in total. The maximum Gasteiger partial charge on any atom is 0.188 e. The first-order chi connectivity index (χ1) is 14.2. The van der Waals surface area contributed by atoms with E-state index in [2.05, 4.69) is 28.8 Å². The molecule has 2 atom stereocenters. The molecule has 0 saturated carbocycles. The zero-order valence-electron chi connectivity index (χ0n) is 15.5. The summed E-state index contributed by atoms with van der Waals surface area (Å²) in [5.41, 5.74) is -2.60. The van der Waals surface area contributed by atoms with Crippen LogP contribution in [0, 0.1) is 34.0 Å². The number of benzene rings is 3. The van der Waals surface area contributed by atoms with Crippen molar-refractivity contribution in [2.45, 2.75) is 16.7 Å². The summed E-state index contributed by atoms with van der Waals surface area (Å²) in [4.78, 5) is 0. The quantitative estimate of drug-likeness (QED) is 0.732. The van der Waals surface area contributed by atoms with Crippen molar-refractivity contribution in [1.29, 1.82) is 15.8 Å². The Morgan fingerprint density at radius 1 is 0.483 bits per heavy atom. The lowest BCUT2D eigenvalue weighted by Gasteiger charge is -2.35. The number of nitrogens with zero attached hydrogens (tertiary/aromatic N) is 3. The molecular weight excluding hydrogens is 358 g/mol. The van der Waals surface area contributed by atoms with Crippen molar-refractivity contribution < 1.29 is 0 Å². The molecule has 5 heteroatoms. The van der Waals surface area contributed by atoms with Crippen LogP contribution in [0.1, 0.15) is 16.7 Å².